The number of methoxy groups -OCH3 is 1. The Morgan fingerprint density at radius 1 is 1.09 bits per heavy atom. The number of amides is 1. The minimum absolute atomic E-state index is 0.0104. The maximum Gasteiger partial charge on any atom is 0.327 e. The molecule has 2 N–H and O–H groups in total. The van der Waals surface area contributed by atoms with E-state index in [9.17, 15) is 24.3 Å². The lowest BCUT2D eigenvalue weighted by Crippen LogP contribution is -2.50. The van der Waals surface area contributed by atoms with Crippen molar-refractivity contribution >= 4 is 23.8 Å². The van der Waals surface area contributed by atoms with Gasteiger partial charge < -0.3 is 24.6 Å². The number of carbonyl (C=O) groups is 4. The molecule has 1 amide bonds. The molecular weight excluding hydrogens is 298 g/mol. The van der Waals surface area contributed by atoms with Crippen LogP contribution in [0.5, 0.6) is 0 Å². The van der Waals surface area contributed by atoms with Crippen LogP contribution < -0.4 is 5.32 Å². The molecule has 0 bridgehead atoms. The van der Waals surface area contributed by atoms with E-state index in [0.29, 0.717) is 0 Å². The van der Waals surface area contributed by atoms with Crippen molar-refractivity contribution in [1.82, 2.24) is 5.32 Å². The van der Waals surface area contributed by atoms with Crippen LogP contribution >= 0.6 is 0 Å². The first-order chi connectivity index (χ1) is 10.4. The number of aliphatic carboxylic acids is 1. The van der Waals surface area contributed by atoms with Crippen LogP contribution in [0, 0.1) is 5.92 Å². The van der Waals surface area contributed by atoms with E-state index < -0.39 is 42.2 Å². The van der Waals surface area contributed by atoms with Gasteiger partial charge in [0.2, 0.25) is 5.91 Å². The maximum absolute atomic E-state index is 11.9. The molecule has 9 heteroatoms. The van der Waals surface area contributed by atoms with Gasteiger partial charge in [-0.25, -0.2) is 4.79 Å². The van der Waals surface area contributed by atoms with Crippen LogP contribution in [-0.4, -0.2) is 61.9 Å². The summed E-state index contributed by atoms with van der Waals surface area (Å²) in [6.07, 6.45) is -0.517. The number of hydrogen-bond acceptors (Lipinski definition) is 7. The Morgan fingerprint density at radius 2 is 1.68 bits per heavy atom. The highest BCUT2D eigenvalue weighted by Gasteiger charge is 2.38. The predicted octanol–water partition coefficient (Wildman–Crippen LogP) is -0.665. The van der Waals surface area contributed by atoms with Gasteiger partial charge in [0.15, 0.2) is 0 Å². The molecule has 126 valence electrons. The Bertz CT molecular complexity index is 409. The third-order valence-electron chi connectivity index (χ3n) is 2.54. The molecule has 2 atom stereocenters. The average molecular weight is 319 g/mol. The monoisotopic (exact) mass is 319 g/mol. The van der Waals surface area contributed by atoms with Gasteiger partial charge in [0.05, 0.1) is 25.6 Å². The number of nitrogens with one attached hydrogen (secondary N) is 1. The molecule has 22 heavy (non-hydrogen) atoms. The molecule has 0 saturated heterocycles. The molecular formula is C13H21NO8. The summed E-state index contributed by atoms with van der Waals surface area (Å²) in [5, 5.41) is 11.3. The van der Waals surface area contributed by atoms with Gasteiger partial charge in [-0.05, 0) is 13.8 Å². The fraction of sp³-hybridized carbons (Fsp3) is 0.692. The van der Waals surface area contributed by atoms with Crippen LogP contribution in [0.15, 0.2) is 0 Å². The van der Waals surface area contributed by atoms with Crippen molar-refractivity contribution in [2.45, 2.75) is 26.3 Å². The zero-order chi connectivity index (χ0) is 17.1. The standard InChI is InChI=1S/C13H21NO8/c1-4-21-10(16)6-8(13(19)22-5-2)11(12(17)18)14-9(15)7-20-3/h8,11H,4-7H2,1-3H3,(H,14,15)(H,17,18)/t8-,11+/m0/s1. The predicted molar refractivity (Wildman–Crippen MR) is 72.8 cm³/mol. The molecule has 0 aromatic rings. The molecule has 0 saturated carbocycles. The summed E-state index contributed by atoms with van der Waals surface area (Å²) in [6, 6.07) is -1.62. The fourth-order valence-corrected chi connectivity index (χ4v) is 1.67. The van der Waals surface area contributed by atoms with Crippen LogP contribution in [-0.2, 0) is 33.4 Å². The quantitative estimate of drug-likeness (QED) is 0.508. The van der Waals surface area contributed by atoms with Crippen molar-refractivity contribution in [2.75, 3.05) is 26.9 Å². The number of rotatable bonds is 10. The van der Waals surface area contributed by atoms with Crippen molar-refractivity contribution < 1.29 is 38.5 Å². The Hall–Kier alpha value is -2.16. The van der Waals surface area contributed by atoms with Gasteiger partial charge in [-0.3, -0.25) is 14.4 Å². The third-order valence-corrected chi connectivity index (χ3v) is 2.54. The van der Waals surface area contributed by atoms with E-state index >= 15 is 0 Å². The zero-order valence-corrected chi connectivity index (χ0v) is 12.8. The van der Waals surface area contributed by atoms with E-state index in [1.807, 2.05) is 0 Å². The van der Waals surface area contributed by atoms with Crippen molar-refractivity contribution in [1.29, 1.82) is 0 Å². The molecule has 0 aliphatic carbocycles. The number of esters is 2. The number of hydrogen-bond donors (Lipinski definition) is 2. The Morgan fingerprint density at radius 3 is 2.14 bits per heavy atom. The molecule has 0 unspecified atom stereocenters. The van der Waals surface area contributed by atoms with Crippen molar-refractivity contribution in [3.8, 4) is 0 Å². The Kier molecular flexibility index (Phi) is 9.51. The number of carboxylic acid groups (broad SMARTS) is 1. The highest BCUT2D eigenvalue weighted by atomic mass is 16.5. The highest BCUT2D eigenvalue weighted by Crippen LogP contribution is 2.14. The summed E-state index contributed by atoms with van der Waals surface area (Å²) < 4.78 is 14.0. The third kappa shape index (κ3) is 7.02. The first-order valence-electron chi connectivity index (χ1n) is 6.70. The molecule has 0 fully saturated rings. The van der Waals surface area contributed by atoms with Crippen LogP contribution in [0.3, 0.4) is 0 Å². The molecule has 0 radical (unpaired) electrons. The minimum Gasteiger partial charge on any atom is -0.480 e. The lowest BCUT2D eigenvalue weighted by molar-refractivity contribution is -0.160. The molecule has 0 aromatic carbocycles. The average Bonchev–Trinajstić information content (AvgIpc) is 2.43. The van der Waals surface area contributed by atoms with Crippen molar-refractivity contribution in [2.24, 2.45) is 5.92 Å². The molecule has 9 nitrogen and oxygen atoms in total. The second-order valence-electron chi connectivity index (χ2n) is 4.18. The fourth-order valence-electron chi connectivity index (χ4n) is 1.67. The van der Waals surface area contributed by atoms with E-state index in [1.54, 1.807) is 13.8 Å². The summed E-state index contributed by atoms with van der Waals surface area (Å²) in [7, 11) is 1.26. The first-order valence-corrected chi connectivity index (χ1v) is 6.70. The second kappa shape index (κ2) is 10.6. The van der Waals surface area contributed by atoms with Gasteiger partial charge in [0, 0.05) is 7.11 Å². The van der Waals surface area contributed by atoms with E-state index in [0.717, 1.165) is 0 Å². The highest BCUT2D eigenvalue weighted by molar-refractivity contribution is 5.90. The van der Waals surface area contributed by atoms with E-state index in [1.165, 1.54) is 7.11 Å². The lowest BCUT2D eigenvalue weighted by Gasteiger charge is -2.22. The number of carboxylic acids is 1. The number of carbonyl (C=O) groups excluding carboxylic acids is 3. The molecule has 0 rings (SSSR count). The topological polar surface area (TPSA) is 128 Å². The maximum atomic E-state index is 11.9. The smallest absolute Gasteiger partial charge is 0.327 e. The van der Waals surface area contributed by atoms with Gasteiger partial charge >= 0.3 is 17.9 Å². The summed E-state index contributed by atoms with van der Waals surface area (Å²) in [6.45, 7) is 2.84. The van der Waals surface area contributed by atoms with Crippen molar-refractivity contribution in [3.05, 3.63) is 0 Å². The summed E-state index contributed by atoms with van der Waals surface area (Å²) in [4.78, 5) is 46.2. The van der Waals surface area contributed by atoms with E-state index in [2.05, 4.69) is 10.1 Å². The molecule has 0 heterocycles. The van der Waals surface area contributed by atoms with Gasteiger partial charge in [-0.2, -0.15) is 0 Å². The Balaban J connectivity index is 5.18. The summed E-state index contributed by atoms with van der Waals surface area (Å²) in [5.41, 5.74) is 0. The number of ether oxygens (including phenoxy) is 3. The van der Waals surface area contributed by atoms with Crippen LogP contribution in [0.4, 0.5) is 0 Å². The Labute approximate surface area is 127 Å². The normalized spacial score (nSPS) is 12.9. The second-order valence-corrected chi connectivity index (χ2v) is 4.18. The summed E-state index contributed by atoms with van der Waals surface area (Å²) >= 11 is 0. The van der Waals surface area contributed by atoms with Crippen LogP contribution in [0.25, 0.3) is 0 Å². The molecule has 0 spiro atoms. The van der Waals surface area contributed by atoms with Crippen molar-refractivity contribution in [3.63, 3.8) is 0 Å². The zero-order valence-electron chi connectivity index (χ0n) is 12.8. The van der Waals surface area contributed by atoms with E-state index in [4.69, 9.17) is 9.47 Å². The van der Waals surface area contributed by atoms with Gasteiger partial charge in [0.25, 0.3) is 0 Å². The summed E-state index contributed by atoms with van der Waals surface area (Å²) in [5.74, 6) is -5.24. The molecule has 0 aliphatic rings. The van der Waals surface area contributed by atoms with Crippen LogP contribution in [0.1, 0.15) is 20.3 Å². The van der Waals surface area contributed by atoms with Gasteiger partial charge in [0.1, 0.15) is 12.6 Å². The van der Waals surface area contributed by atoms with E-state index in [-0.39, 0.29) is 19.8 Å². The van der Waals surface area contributed by atoms with Gasteiger partial charge in [-0.15, -0.1) is 0 Å². The largest absolute Gasteiger partial charge is 0.480 e. The van der Waals surface area contributed by atoms with Gasteiger partial charge in [-0.1, -0.05) is 0 Å². The molecule has 0 aromatic heterocycles. The minimum atomic E-state index is -1.62. The van der Waals surface area contributed by atoms with Crippen LogP contribution in [0.2, 0.25) is 0 Å². The first kappa shape index (κ1) is 19.8. The lowest BCUT2D eigenvalue weighted by atomic mass is 9.96. The SMILES string of the molecule is CCOC(=O)C[C@H](C(=O)OCC)[C@@H](NC(=O)COC)C(=O)O. The molecule has 0 aliphatic heterocycles.